The van der Waals surface area contributed by atoms with E-state index < -0.39 is 11.7 Å². The normalized spacial score (nSPS) is 16.8. The third-order valence-corrected chi connectivity index (χ3v) is 3.73. The molecular formula is C14H15F3N2O2. The highest BCUT2D eigenvalue weighted by Gasteiger charge is 2.34. The standard InChI is InChI=1S/C14H15F3N2O2/c15-14(16,17)12-7-11(2-1-10(12)8-20)19-5-3-9(4-6-19)13(18)21/h1-2,7-9H,3-6H2,(H2,18,21). The largest absolute Gasteiger partial charge is 0.417 e. The molecule has 1 aliphatic rings. The van der Waals surface area contributed by atoms with Gasteiger partial charge in [-0.25, -0.2) is 0 Å². The fourth-order valence-electron chi connectivity index (χ4n) is 2.51. The average Bonchev–Trinajstić information content (AvgIpc) is 2.45. The first-order chi connectivity index (χ1) is 9.82. The molecule has 0 aliphatic carbocycles. The quantitative estimate of drug-likeness (QED) is 0.871. The van der Waals surface area contributed by atoms with Gasteiger partial charge >= 0.3 is 6.18 Å². The summed E-state index contributed by atoms with van der Waals surface area (Å²) in [7, 11) is 0. The molecular weight excluding hydrogens is 285 g/mol. The predicted octanol–water partition coefficient (Wildman–Crippen LogP) is 2.22. The van der Waals surface area contributed by atoms with Crippen LogP contribution in [0.2, 0.25) is 0 Å². The topological polar surface area (TPSA) is 63.4 Å². The molecule has 1 saturated heterocycles. The maximum absolute atomic E-state index is 12.9. The maximum atomic E-state index is 12.9. The van der Waals surface area contributed by atoms with Gasteiger partial charge in [0.05, 0.1) is 5.56 Å². The van der Waals surface area contributed by atoms with Gasteiger partial charge in [0, 0.05) is 30.3 Å². The monoisotopic (exact) mass is 300 g/mol. The summed E-state index contributed by atoms with van der Waals surface area (Å²) in [4.78, 5) is 23.6. The van der Waals surface area contributed by atoms with Crippen molar-refractivity contribution >= 4 is 17.9 Å². The number of benzene rings is 1. The van der Waals surface area contributed by atoms with E-state index in [1.165, 1.54) is 12.1 Å². The molecule has 2 rings (SSSR count). The van der Waals surface area contributed by atoms with E-state index in [9.17, 15) is 22.8 Å². The first-order valence-corrected chi connectivity index (χ1v) is 6.53. The molecule has 4 nitrogen and oxygen atoms in total. The molecule has 1 amide bonds. The van der Waals surface area contributed by atoms with Crippen LogP contribution in [0, 0.1) is 5.92 Å². The predicted molar refractivity (Wildman–Crippen MR) is 71.0 cm³/mol. The highest BCUT2D eigenvalue weighted by molar-refractivity contribution is 5.79. The number of alkyl halides is 3. The Labute approximate surface area is 119 Å². The number of anilines is 1. The Bertz CT molecular complexity index is 550. The van der Waals surface area contributed by atoms with Crippen molar-refractivity contribution < 1.29 is 22.8 Å². The molecule has 0 unspecified atom stereocenters. The minimum absolute atomic E-state index is 0.200. The van der Waals surface area contributed by atoms with E-state index in [1.54, 1.807) is 4.90 Å². The van der Waals surface area contributed by atoms with E-state index in [0.29, 0.717) is 31.6 Å². The lowest BCUT2D eigenvalue weighted by Crippen LogP contribution is -2.38. The molecule has 0 aromatic heterocycles. The first kappa shape index (κ1) is 15.3. The SMILES string of the molecule is NC(=O)C1CCN(c2ccc(C=O)c(C(F)(F)F)c2)CC1. The summed E-state index contributed by atoms with van der Waals surface area (Å²) in [6.07, 6.45) is -3.33. The molecule has 0 spiro atoms. The zero-order valence-electron chi connectivity index (χ0n) is 11.2. The van der Waals surface area contributed by atoms with Gasteiger partial charge in [0.15, 0.2) is 6.29 Å². The Morgan fingerprint density at radius 2 is 1.90 bits per heavy atom. The molecule has 0 saturated carbocycles. The number of aldehydes is 1. The van der Waals surface area contributed by atoms with Crippen LogP contribution >= 0.6 is 0 Å². The van der Waals surface area contributed by atoms with Gasteiger partial charge in [-0.2, -0.15) is 13.2 Å². The summed E-state index contributed by atoms with van der Waals surface area (Å²) in [5.41, 5.74) is 4.31. The lowest BCUT2D eigenvalue weighted by atomic mass is 9.95. The number of primary amides is 1. The van der Waals surface area contributed by atoms with Crippen molar-refractivity contribution in [2.45, 2.75) is 19.0 Å². The highest BCUT2D eigenvalue weighted by Crippen LogP contribution is 2.35. The number of hydrogen-bond donors (Lipinski definition) is 1. The van der Waals surface area contributed by atoms with Gasteiger partial charge in [0.1, 0.15) is 0 Å². The van der Waals surface area contributed by atoms with Gasteiger partial charge in [0.25, 0.3) is 0 Å². The third kappa shape index (κ3) is 3.34. The zero-order chi connectivity index (χ0) is 15.6. The van der Waals surface area contributed by atoms with Crippen LogP contribution in [0.15, 0.2) is 18.2 Å². The van der Waals surface area contributed by atoms with Crippen LogP contribution in [0.3, 0.4) is 0 Å². The van der Waals surface area contributed by atoms with Gasteiger partial charge in [-0.1, -0.05) is 0 Å². The minimum atomic E-state index is -4.57. The molecule has 2 N–H and O–H groups in total. The molecule has 1 aromatic carbocycles. The van der Waals surface area contributed by atoms with E-state index in [0.717, 1.165) is 6.07 Å². The molecule has 1 heterocycles. The second-order valence-electron chi connectivity index (χ2n) is 5.05. The van der Waals surface area contributed by atoms with Gasteiger partial charge < -0.3 is 10.6 Å². The van der Waals surface area contributed by atoms with Crippen molar-refractivity contribution in [3.8, 4) is 0 Å². The summed E-state index contributed by atoms with van der Waals surface area (Å²) in [6, 6.07) is 3.64. The number of carbonyl (C=O) groups excluding carboxylic acids is 2. The number of amides is 1. The molecule has 1 aromatic rings. The molecule has 7 heteroatoms. The summed E-state index contributed by atoms with van der Waals surface area (Å²) >= 11 is 0. The van der Waals surface area contributed by atoms with Crippen molar-refractivity contribution in [3.63, 3.8) is 0 Å². The van der Waals surface area contributed by atoms with Crippen LogP contribution in [-0.4, -0.2) is 25.3 Å². The summed E-state index contributed by atoms with van der Waals surface area (Å²) in [5, 5.41) is 0. The fraction of sp³-hybridized carbons (Fsp3) is 0.429. The molecule has 114 valence electrons. The van der Waals surface area contributed by atoms with E-state index in [2.05, 4.69) is 0 Å². The molecule has 0 radical (unpaired) electrons. The van der Waals surface area contributed by atoms with E-state index in [4.69, 9.17) is 5.73 Å². The number of nitrogens with zero attached hydrogens (tertiary/aromatic N) is 1. The second-order valence-corrected chi connectivity index (χ2v) is 5.05. The number of hydrogen-bond acceptors (Lipinski definition) is 3. The Morgan fingerprint density at radius 3 is 2.38 bits per heavy atom. The maximum Gasteiger partial charge on any atom is 0.417 e. The number of halogens is 3. The number of piperidine rings is 1. The molecule has 21 heavy (non-hydrogen) atoms. The van der Waals surface area contributed by atoms with Crippen LogP contribution in [0.5, 0.6) is 0 Å². The number of nitrogens with two attached hydrogens (primary N) is 1. The molecule has 1 fully saturated rings. The van der Waals surface area contributed by atoms with Crippen LogP contribution in [0.25, 0.3) is 0 Å². The van der Waals surface area contributed by atoms with Crippen LogP contribution < -0.4 is 10.6 Å². The summed E-state index contributed by atoms with van der Waals surface area (Å²) in [6.45, 7) is 0.927. The Morgan fingerprint density at radius 1 is 1.29 bits per heavy atom. The highest BCUT2D eigenvalue weighted by atomic mass is 19.4. The minimum Gasteiger partial charge on any atom is -0.371 e. The van der Waals surface area contributed by atoms with Crippen molar-refractivity contribution in [2.75, 3.05) is 18.0 Å². The van der Waals surface area contributed by atoms with Gasteiger partial charge in [-0.3, -0.25) is 9.59 Å². The lowest BCUT2D eigenvalue weighted by Gasteiger charge is -2.32. The Hall–Kier alpha value is -2.05. The number of carbonyl (C=O) groups is 2. The zero-order valence-corrected chi connectivity index (χ0v) is 11.2. The summed E-state index contributed by atoms with van der Waals surface area (Å²) in [5.74, 6) is -0.598. The summed E-state index contributed by atoms with van der Waals surface area (Å²) < 4.78 is 38.7. The van der Waals surface area contributed by atoms with Crippen LogP contribution in [0.4, 0.5) is 18.9 Å². The molecule has 1 aliphatic heterocycles. The lowest BCUT2D eigenvalue weighted by molar-refractivity contribution is -0.137. The van der Waals surface area contributed by atoms with Gasteiger partial charge in [-0.15, -0.1) is 0 Å². The van der Waals surface area contributed by atoms with E-state index in [1.807, 2.05) is 0 Å². The van der Waals surface area contributed by atoms with Crippen LogP contribution in [-0.2, 0) is 11.0 Å². The molecule has 0 atom stereocenters. The first-order valence-electron chi connectivity index (χ1n) is 6.53. The van der Waals surface area contributed by atoms with Crippen molar-refractivity contribution in [1.29, 1.82) is 0 Å². The fourth-order valence-corrected chi connectivity index (χ4v) is 2.51. The Kier molecular flexibility index (Phi) is 4.20. The smallest absolute Gasteiger partial charge is 0.371 e. The van der Waals surface area contributed by atoms with Crippen molar-refractivity contribution in [2.24, 2.45) is 11.7 Å². The van der Waals surface area contributed by atoms with E-state index >= 15 is 0 Å². The van der Waals surface area contributed by atoms with Gasteiger partial charge in [-0.05, 0) is 31.0 Å². The number of rotatable bonds is 3. The van der Waals surface area contributed by atoms with Gasteiger partial charge in [0.2, 0.25) is 5.91 Å². The van der Waals surface area contributed by atoms with E-state index in [-0.39, 0.29) is 23.7 Å². The van der Waals surface area contributed by atoms with Crippen LogP contribution in [0.1, 0.15) is 28.8 Å². The third-order valence-electron chi connectivity index (χ3n) is 3.73. The Balaban J connectivity index is 2.22. The van der Waals surface area contributed by atoms with Crippen molar-refractivity contribution in [1.82, 2.24) is 0 Å². The average molecular weight is 300 g/mol. The molecule has 0 bridgehead atoms. The second kappa shape index (κ2) is 5.75. The van der Waals surface area contributed by atoms with Crippen molar-refractivity contribution in [3.05, 3.63) is 29.3 Å².